The summed E-state index contributed by atoms with van der Waals surface area (Å²) in [5.74, 6) is -4.10. The van der Waals surface area contributed by atoms with Gasteiger partial charge in [-0.25, -0.2) is 0 Å². The number of amides is 2. The lowest BCUT2D eigenvalue weighted by atomic mass is 9.92. The van der Waals surface area contributed by atoms with Crippen LogP contribution in [0.25, 0.3) is 10.4 Å². The minimum atomic E-state index is -4.46. The summed E-state index contributed by atoms with van der Waals surface area (Å²) < 4.78 is 39.5. The number of aliphatic carboxylic acids is 1. The predicted octanol–water partition coefficient (Wildman–Crippen LogP) is 5.88. The number of aryl methyl sites for hydroxylation is 2. The second-order valence-electron chi connectivity index (χ2n) is 10.1. The molecule has 6 nitrogen and oxygen atoms in total. The zero-order valence-corrected chi connectivity index (χ0v) is 22.2. The molecular formula is C27H33F3N2O4S. The Morgan fingerprint density at radius 1 is 1.22 bits per heavy atom. The monoisotopic (exact) mass is 538 g/mol. The normalized spacial score (nSPS) is 18.1. The number of carboxylic acid groups (broad SMARTS) is 1. The molecule has 0 aliphatic carbocycles. The number of likely N-dealkylation sites (tertiary alicyclic amines) is 1. The van der Waals surface area contributed by atoms with Crippen molar-refractivity contribution in [1.29, 1.82) is 0 Å². The van der Waals surface area contributed by atoms with E-state index >= 15 is 0 Å². The number of halogens is 3. The Morgan fingerprint density at radius 2 is 1.86 bits per heavy atom. The van der Waals surface area contributed by atoms with Crippen molar-refractivity contribution in [2.45, 2.75) is 71.6 Å². The molecule has 37 heavy (non-hydrogen) atoms. The van der Waals surface area contributed by atoms with Crippen molar-refractivity contribution in [3.05, 3.63) is 46.3 Å². The Balaban J connectivity index is 1.85. The van der Waals surface area contributed by atoms with Crippen LogP contribution >= 0.6 is 11.3 Å². The first-order chi connectivity index (χ1) is 17.3. The molecule has 1 aromatic heterocycles. The van der Waals surface area contributed by atoms with Gasteiger partial charge >= 0.3 is 12.1 Å². The highest BCUT2D eigenvalue weighted by molar-refractivity contribution is 7.13. The molecule has 10 heteroatoms. The third-order valence-electron chi connectivity index (χ3n) is 6.74. The van der Waals surface area contributed by atoms with Gasteiger partial charge in [0.2, 0.25) is 11.8 Å². The van der Waals surface area contributed by atoms with E-state index in [-0.39, 0.29) is 31.7 Å². The molecule has 1 aromatic carbocycles. The number of piperidine rings is 1. The van der Waals surface area contributed by atoms with Crippen LogP contribution in [-0.2, 0) is 14.4 Å². The van der Waals surface area contributed by atoms with Crippen LogP contribution in [0.5, 0.6) is 0 Å². The molecule has 2 amide bonds. The van der Waals surface area contributed by atoms with Crippen LogP contribution in [0.15, 0.2) is 29.6 Å². The first kappa shape index (κ1) is 28.7. The van der Waals surface area contributed by atoms with Crippen molar-refractivity contribution in [3.63, 3.8) is 0 Å². The van der Waals surface area contributed by atoms with Gasteiger partial charge in [-0.2, -0.15) is 13.2 Å². The van der Waals surface area contributed by atoms with Gasteiger partial charge in [-0.3, -0.25) is 14.4 Å². The van der Waals surface area contributed by atoms with E-state index in [0.29, 0.717) is 5.56 Å². The number of nitrogens with zero attached hydrogens (tertiary/aromatic N) is 1. The molecule has 0 unspecified atom stereocenters. The second kappa shape index (κ2) is 11.7. The number of hydrogen-bond donors (Lipinski definition) is 2. The number of carbonyl (C=O) groups is 3. The molecular weight excluding hydrogens is 505 g/mol. The van der Waals surface area contributed by atoms with E-state index < -0.39 is 48.4 Å². The summed E-state index contributed by atoms with van der Waals surface area (Å²) in [5, 5.41) is 14.1. The zero-order valence-electron chi connectivity index (χ0n) is 21.4. The highest BCUT2D eigenvalue weighted by Crippen LogP contribution is 2.37. The lowest BCUT2D eigenvalue weighted by Gasteiger charge is -2.38. The van der Waals surface area contributed by atoms with Crippen LogP contribution in [-0.4, -0.2) is 46.6 Å². The number of nitrogens with one attached hydrogen (secondary N) is 1. The molecule has 3 atom stereocenters. The lowest BCUT2D eigenvalue weighted by Crippen LogP contribution is -2.54. The third kappa shape index (κ3) is 7.12. The highest BCUT2D eigenvalue weighted by Gasteiger charge is 2.46. The summed E-state index contributed by atoms with van der Waals surface area (Å²) in [6.07, 6.45) is -5.53. The maximum Gasteiger partial charge on any atom is 0.392 e. The van der Waals surface area contributed by atoms with Gasteiger partial charge in [0.05, 0.1) is 18.4 Å². The first-order valence-corrected chi connectivity index (χ1v) is 13.2. The molecule has 0 radical (unpaired) electrons. The van der Waals surface area contributed by atoms with E-state index in [1.807, 2.05) is 57.3 Å². The summed E-state index contributed by atoms with van der Waals surface area (Å²) in [4.78, 5) is 40.0. The molecule has 2 aromatic rings. The minimum Gasteiger partial charge on any atom is -0.481 e. The van der Waals surface area contributed by atoms with E-state index in [9.17, 15) is 32.7 Å². The fourth-order valence-electron chi connectivity index (χ4n) is 4.84. The number of alkyl halides is 3. The number of hydrogen-bond acceptors (Lipinski definition) is 4. The molecule has 202 valence electrons. The molecule has 1 aliphatic rings. The van der Waals surface area contributed by atoms with E-state index in [4.69, 9.17) is 0 Å². The molecule has 0 bridgehead atoms. The lowest BCUT2D eigenvalue weighted by molar-refractivity contribution is -0.191. The Bertz CT molecular complexity index is 1120. The predicted molar refractivity (Wildman–Crippen MR) is 136 cm³/mol. The van der Waals surface area contributed by atoms with Crippen LogP contribution in [0.1, 0.15) is 62.3 Å². The van der Waals surface area contributed by atoms with E-state index in [1.54, 1.807) is 0 Å². The fourth-order valence-corrected chi connectivity index (χ4v) is 5.98. The topological polar surface area (TPSA) is 86.7 Å². The van der Waals surface area contributed by atoms with Crippen LogP contribution in [0.2, 0.25) is 0 Å². The summed E-state index contributed by atoms with van der Waals surface area (Å²) in [5.41, 5.74) is 3.83. The summed E-state index contributed by atoms with van der Waals surface area (Å²) in [6.45, 7) is 7.53. The molecule has 0 spiro atoms. The number of carbonyl (C=O) groups excluding carboxylic acids is 2. The third-order valence-corrected chi connectivity index (χ3v) is 7.71. The van der Waals surface area contributed by atoms with Gasteiger partial charge in [0.15, 0.2) is 0 Å². The summed E-state index contributed by atoms with van der Waals surface area (Å²) in [7, 11) is 0. The average Bonchev–Trinajstić information content (AvgIpc) is 3.25. The van der Waals surface area contributed by atoms with Crippen molar-refractivity contribution in [2.24, 2.45) is 11.8 Å². The average molecular weight is 539 g/mol. The maximum absolute atomic E-state index is 13.4. The van der Waals surface area contributed by atoms with Gasteiger partial charge in [-0.15, -0.1) is 11.3 Å². The van der Waals surface area contributed by atoms with Gasteiger partial charge in [-0.1, -0.05) is 32.0 Å². The standard InChI is InChI=1S/C27H33F3N2O4S/c1-15(2)10-21(32-9-8-19(12-23(32)33)27(28,29)30)26(36)31-20(13-24(34)35)18-11-22(37-14-18)25-16(3)6-5-7-17(25)4/h5-7,11,14-15,19-21H,8-10,12-13H2,1-4H3,(H,31,36)(H,34,35)/t19-,20+,21+/m1/s1. The SMILES string of the molecule is Cc1cccc(C)c1-c1cc([C@H](CC(=O)O)NC(=O)[C@H](CC(C)C)N2CC[C@@H](C(F)(F)F)CC2=O)cs1. The molecule has 3 rings (SSSR count). The van der Waals surface area contributed by atoms with Crippen molar-refractivity contribution in [2.75, 3.05) is 6.54 Å². The number of carboxylic acids is 1. The van der Waals surface area contributed by atoms with Crippen LogP contribution < -0.4 is 5.32 Å². The van der Waals surface area contributed by atoms with Gasteiger partial charge in [0, 0.05) is 17.8 Å². The Kier molecular flexibility index (Phi) is 9.05. The molecule has 2 N–H and O–H groups in total. The molecule has 1 fully saturated rings. The molecule has 1 saturated heterocycles. The number of rotatable bonds is 9. The number of thiophene rings is 1. The molecule has 1 aliphatic heterocycles. The van der Waals surface area contributed by atoms with E-state index in [0.717, 1.165) is 21.6 Å². The van der Waals surface area contributed by atoms with Gasteiger partial charge in [0.1, 0.15) is 6.04 Å². The Morgan fingerprint density at radius 3 is 2.41 bits per heavy atom. The smallest absolute Gasteiger partial charge is 0.392 e. The number of benzene rings is 1. The first-order valence-electron chi connectivity index (χ1n) is 12.3. The van der Waals surface area contributed by atoms with Gasteiger partial charge < -0.3 is 15.3 Å². The quantitative estimate of drug-likeness (QED) is 0.418. The van der Waals surface area contributed by atoms with Crippen molar-refractivity contribution in [3.8, 4) is 10.4 Å². The molecule has 0 saturated carbocycles. The Labute approximate surface area is 218 Å². The van der Waals surface area contributed by atoms with Crippen LogP contribution in [0.4, 0.5) is 13.2 Å². The van der Waals surface area contributed by atoms with Crippen LogP contribution in [0, 0.1) is 25.7 Å². The van der Waals surface area contributed by atoms with Crippen LogP contribution in [0.3, 0.4) is 0 Å². The molecule has 2 heterocycles. The minimum absolute atomic E-state index is 0.0152. The summed E-state index contributed by atoms with van der Waals surface area (Å²) >= 11 is 1.45. The van der Waals surface area contributed by atoms with Crippen molar-refractivity contribution >= 4 is 29.1 Å². The highest BCUT2D eigenvalue weighted by atomic mass is 32.1. The fraction of sp³-hybridized carbons (Fsp3) is 0.519. The zero-order chi connectivity index (χ0) is 27.5. The second-order valence-corrected chi connectivity index (χ2v) is 11.0. The van der Waals surface area contributed by atoms with Gasteiger partial charge in [-0.05, 0) is 66.3 Å². The summed E-state index contributed by atoms with van der Waals surface area (Å²) in [6, 6.07) is 5.99. The van der Waals surface area contributed by atoms with E-state index in [2.05, 4.69) is 5.32 Å². The van der Waals surface area contributed by atoms with Crippen molar-refractivity contribution < 1.29 is 32.7 Å². The maximum atomic E-state index is 13.4. The van der Waals surface area contributed by atoms with Crippen molar-refractivity contribution in [1.82, 2.24) is 10.2 Å². The van der Waals surface area contributed by atoms with E-state index in [1.165, 1.54) is 16.2 Å². The Hall–Kier alpha value is -2.88. The van der Waals surface area contributed by atoms with Gasteiger partial charge in [0.25, 0.3) is 0 Å². The largest absolute Gasteiger partial charge is 0.481 e.